The van der Waals surface area contributed by atoms with E-state index in [1.165, 1.54) is 0 Å². The average Bonchev–Trinajstić information content (AvgIpc) is 1.87. The van der Waals surface area contributed by atoms with Gasteiger partial charge in [0.2, 0.25) is 0 Å². The first-order valence-electron chi connectivity index (χ1n) is 3.50. The van der Waals surface area contributed by atoms with Crippen LogP contribution in [-0.4, -0.2) is 11.4 Å². The van der Waals surface area contributed by atoms with Crippen LogP contribution in [0.1, 0.15) is 33.6 Å². The van der Waals surface area contributed by atoms with Crippen LogP contribution in [0.3, 0.4) is 0 Å². The first-order chi connectivity index (χ1) is 4.20. The fraction of sp³-hybridized carbons (Fsp3) is 1.00. The van der Waals surface area contributed by atoms with Gasteiger partial charge in [0, 0.05) is 0 Å². The minimum absolute atomic E-state index is 0.0139. The van der Waals surface area contributed by atoms with E-state index in [4.69, 9.17) is 5.26 Å². The summed E-state index contributed by atoms with van der Waals surface area (Å²) in [4.78, 5) is 4.12. The maximum absolute atomic E-state index is 8.18. The van der Waals surface area contributed by atoms with E-state index in [0.29, 0.717) is 5.92 Å². The van der Waals surface area contributed by atoms with E-state index in [2.05, 4.69) is 18.7 Å². The van der Waals surface area contributed by atoms with Gasteiger partial charge in [0.05, 0.1) is 6.10 Å². The summed E-state index contributed by atoms with van der Waals surface area (Å²) in [7, 11) is 0. The second-order valence-electron chi connectivity index (χ2n) is 2.67. The Morgan fingerprint density at radius 3 is 2.33 bits per heavy atom. The molecule has 0 fully saturated rings. The molecule has 0 rings (SSSR count). The van der Waals surface area contributed by atoms with Crippen LogP contribution >= 0.6 is 0 Å². The first kappa shape index (κ1) is 8.92. The zero-order valence-electron chi connectivity index (χ0n) is 6.42. The molecule has 0 saturated carbocycles. The maximum Gasteiger partial charge on any atom is 0.0901 e. The van der Waals surface area contributed by atoms with E-state index in [9.17, 15) is 0 Å². The van der Waals surface area contributed by atoms with Gasteiger partial charge < -0.3 is 0 Å². The minimum Gasteiger partial charge on any atom is -0.252 e. The second kappa shape index (κ2) is 4.77. The van der Waals surface area contributed by atoms with Crippen molar-refractivity contribution >= 4 is 0 Å². The predicted molar refractivity (Wildman–Crippen MR) is 37.2 cm³/mol. The largest absolute Gasteiger partial charge is 0.252 e. The van der Waals surface area contributed by atoms with Gasteiger partial charge in [0.15, 0.2) is 0 Å². The predicted octanol–water partition coefficient (Wildman–Crippen LogP) is 2.30. The van der Waals surface area contributed by atoms with Gasteiger partial charge in [-0.3, -0.25) is 5.26 Å². The van der Waals surface area contributed by atoms with Crippen molar-refractivity contribution in [1.29, 1.82) is 0 Å². The van der Waals surface area contributed by atoms with Crippen molar-refractivity contribution in [3.8, 4) is 0 Å². The lowest BCUT2D eigenvalue weighted by Crippen LogP contribution is -2.09. The van der Waals surface area contributed by atoms with E-state index in [1.54, 1.807) is 0 Å². The molecular weight excluding hydrogens is 116 g/mol. The molecule has 0 bridgehead atoms. The Labute approximate surface area is 56.8 Å². The lowest BCUT2D eigenvalue weighted by molar-refractivity contribution is -0.276. The number of hydrogen-bond acceptors (Lipinski definition) is 2. The summed E-state index contributed by atoms with van der Waals surface area (Å²) in [5, 5.41) is 8.18. The van der Waals surface area contributed by atoms with Gasteiger partial charge >= 0.3 is 0 Å². The summed E-state index contributed by atoms with van der Waals surface area (Å²) in [5.74, 6) is 0.646. The molecular formula is C7H16O2. The quantitative estimate of drug-likeness (QED) is 0.469. The molecule has 56 valence electrons. The third-order valence-corrected chi connectivity index (χ3v) is 1.61. The standard InChI is InChI=1S/C7H16O2/c1-4-6(2)5-7(3)9-8/h6-8H,4-5H2,1-3H3. The molecule has 0 heterocycles. The summed E-state index contributed by atoms with van der Waals surface area (Å²) < 4.78 is 0. The van der Waals surface area contributed by atoms with Crippen molar-refractivity contribution in [2.45, 2.75) is 39.7 Å². The fourth-order valence-corrected chi connectivity index (χ4v) is 0.776. The molecule has 0 radical (unpaired) electrons. The molecule has 0 aromatic heterocycles. The molecule has 0 aliphatic rings. The summed E-state index contributed by atoms with van der Waals surface area (Å²) in [6.07, 6.45) is 2.07. The summed E-state index contributed by atoms with van der Waals surface area (Å²) in [6, 6.07) is 0. The topological polar surface area (TPSA) is 29.5 Å². The molecule has 0 aromatic carbocycles. The SMILES string of the molecule is CCC(C)CC(C)OO. The Morgan fingerprint density at radius 2 is 2.00 bits per heavy atom. The van der Waals surface area contributed by atoms with Crippen molar-refractivity contribution in [3.05, 3.63) is 0 Å². The molecule has 0 saturated heterocycles. The van der Waals surface area contributed by atoms with Crippen molar-refractivity contribution in [3.63, 3.8) is 0 Å². The smallest absolute Gasteiger partial charge is 0.0901 e. The van der Waals surface area contributed by atoms with Crippen LogP contribution in [0.4, 0.5) is 0 Å². The van der Waals surface area contributed by atoms with Crippen LogP contribution < -0.4 is 0 Å². The van der Waals surface area contributed by atoms with Crippen molar-refractivity contribution in [2.24, 2.45) is 5.92 Å². The normalized spacial score (nSPS) is 17.3. The van der Waals surface area contributed by atoms with Crippen molar-refractivity contribution in [2.75, 3.05) is 0 Å². The fourth-order valence-electron chi connectivity index (χ4n) is 0.776. The molecule has 0 aliphatic carbocycles. The first-order valence-corrected chi connectivity index (χ1v) is 3.50. The second-order valence-corrected chi connectivity index (χ2v) is 2.67. The zero-order valence-corrected chi connectivity index (χ0v) is 6.42. The van der Waals surface area contributed by atoms with Gasteiger partial charge in [0.25, 0.3) is 0 Å². The van der Waals surface area contributed by atoms with Gasteiger partial charge in [0.1, 0.15) is 0 Å². The highest BCUT2D eigenvalue weighted by atomic mass is 17.1. The van der Waals surface area contributed by atoms with Crippen LogP contribution in [0.25, 0.3) is 0 Å². The Morgan fingerprint density at radius 1 is 1.44 bits per heavy atom. The van der Waals surface area contributed by atoms with Crippen LogP contribution in [0.2, 0.25) is 0 Å². The maximum atomic E-state index is 8.18. The Hall–Kier alpha value is -0.0800. The van der Waals surface area contributed by atoms with Crippen molar-refractivity contribution in [1.82, 2.24) is 0 Å². The summed E-state index contributed by atoms with van der Waals surface area (Å²) in [6.45, 7) is 6.15. The van der Waals surface area contributed by atoms with Gasteiger partial charge in [-0.15, -0.1) is 0 Å². The third kappa shape index (κ3) is 4.43. The van der Waals surface area contributed by atoms with Crippen LogP contribution in [0.15, 0.2) is 0 Å². The molecule has 0 aromatic rings. The van der Waals surface area contributed by atoms with Crippen molar-refractivity contribution < 1.29 is 10.1 Å². The van der Waals surface area contributed by atoms with E-state index in [1.807, 2.05) is 6.92 Å². The lowest BCUT2D eigenvalue weighted by atomic mass is 10.0. The van der Waals surface area contributed by atoms with E-state index in [-0.39, 0.29) is 6.10 Å². The molecule has 9 heavy (non-hydrogen) atoms. The molecule has 2 nitrogen and oxygen atoms in total. The highest BCUT2D eigenvalue weighted by Gasteiger charge is 2.05. The summed E-state index contributed by atoms with van der Waals surface area (Å²) >= 11 is 0. The average molecular weight is 132 g/mol. The molecule has 2 heteroatoms. The molecule has 2 atom stereocenters. The minimum atomic E-state index is -0.0139. The van der Waals surface area contributed by atoms with E-state index < -0.39 is 0 Å². The van der Waals surface area contributed by atoms with Crippen LogP contribution in [0, 0.1) is 5.92 Å². The molecule has 0 amide bonds. The van der Waals surface area contributed by atoms with Crippen LogP contribution in [0.5, 0.6) is 0 Å². The van der Waals surface area contributed by atoms with E-state index in [0.717, 1.165) is 12.8 Å². The molecule has 1 N–H and O–H groups in total. The van der Waals surface area contributed by atoms with Gasteiger partial charge in [-0.25, -0.2) is 4.89 Å². The Kier molecular flexibility index (Phi) is 4.72. The highest BCUT2D eigenvalue weighted by Crippen LogP contribution is 2.10. The van der Waals surface area contributed by atoms with Gasteiger partial charge in [-0.1, -0.05) is 20.3 Å². The Bertz CT molecular complexity index is 55.9. The van der Waals surface area contributed by atoms with Crippen LogP contribution in [-0.2, 0) is 4.89 Å². The Balaban J connectivity index is 3.22. The monoisotopic (exact) mass is 132 g/mol. The van der Waals surface area contributed by atoms with Gasteiger partial charge in [-0.2, -0.15) is 0 Å². The third-order valence-electron chi connectivity index (χ3n) is 1.61. The van der Waals surface area contributed by atoms with E-state index >= 15 is 0 Å². The highest BCUT2D eigenvalue weighted by molar-refractivity contribution is 4.54. The molecule has 0 aliphatic heterocycles. The zero-order chi connectivity index (χ0) is 7.28. The summed E-state index contributed by atoms with van der Waals surface area (Å²) in [5.41, 5.74) is 0. The number of hydrogen-bond donors (Lipinski definition) is 1. The number of rotatable bonds is 4. The molecule has 2 unspecified atom stereocenters. The lowest BCUT2D eigenvalue weighted by Gasteiger charge is -2.11. The molecule has 0 spiro atoms. The van der Waals surface area contributed by atoms with Gasteiger partial charge in [-0.05, 0) is 19.3 Å².